The van der Waals surface area contributed by atoms with E-state index in [4.69, 9.17) is 10.5 Å². The van der Waals surface area contributed by atoms with Gasteiger partial charge in [0.15, 0.2) is 5.69 Å². The number of anilines is 2. The summed E-state index contributed by atoms with van der Waals surface area (Å²) in [6.45, 7) is 0. The van der Waals surface area contributed by atoms with Gasteiger partial charge in [0, 0.05) is 18.9 Å². The predicted octanol–water partition coefficient (Wildman–Crippen LogP) is 2.59. The summed E-state index contributed by atoms with van der Waals surface area (Å²) in [5, 5.41) is 17.9. The number of nitriles is 2. The zero-order valence-corrected chi connectivity index (χ0v) is 9.83. The number of hydrogen-bond donors (Lipinski definition) is 0. The Morgan fingerprint density at radius 1 is 1.11 bits per heavy atom. The molecule has 2 aromatic rings. The average Bonchev–Trinajstić information content (AvgIpc) is 2.46. The minimum Gasteiger partial charge on any atom is -0.342 e. The fourth-order valence-corrected chi connectivity index (χ4v) is 1.68. The Kier molecular flexibility index (Phi) is 3.22. The normalized spacial score (nSPS) is 9.28. The number of aromatic nitrogens is 1. The van der Waals surface area contributed by atoms with Crippen LogP contribution in [0.3, 0.4) is 0 Å². The van der Waals surface area contributed by atoms with Gasteiger partial charge < -0.3 is 4.90 Å². The second-order valence-corrected chi connectivity index (χ2v) is 3.70. The van der Waals surface area contributed by atoms with Crippen molar-refractivity contribution >= 4 is 11.4 Å². The summed E-state index contributed by atoms with van der Waals surface area (Å²) in [5.74, 6) is 0. The molecular weight excluding hydrogens is 224 g/mol. The third-order valence-electron chi connectivity index (χ3n) is 2.62. The predicted molar refractivity (Wildman–Crippen MR) is 68.2 cm³/mol. The van der Waals surface area contributed by atoms with Crippen LogP contribution in [0.25, 0.3) is 0 Å². The molecule has 18 heavy (non-hydrogen) atoms. The summed E-state index contributed by atoms with van der Waals surface area (Å²) in [7, 11) is 1.84. The molecule has 2 rings (SSSR count). The van der Waals surface area contributed by atoms with Gasteiger partial charge in [-0.1, -0.05) is 6.07 Å². The van der Waals surface area contributed by atoms with Crippen LogP contribution in [0.4, 0.5) is 11.4 Å². The molecule has 0 saturated carbocycles. The molecule has 0 unspecified atom stereocenters. The van der Waals surface area contributed by atoms with Crippen molar-refractivity contribution in [1.82, 2.24) is 4.98 Å². The summed E-state index contributed by atoms with van der Waals surface area (Å²) in [6, 6.07) is 15.0. The Morgan fingerprint density at radius 2 is 1.94 bits per heavy atom. The second kappa shape index (κ2) is 4.99. The van der Waals surface area contributed by atoms with Crippen LogP contribution in [0.5, 0.6) is 0 Å². The lowest BCUT2D eigenvalue weighted by Crippen LogP contribution is -2.11. The second-order valence-electron chi connectivity index (χ2n) is 3.70. The van der Waals surface area contributed by atoms with Crippen molar-refractivity contribution in [3.63, 3.8) is 0 Å². The SMILES string of the molecule is CN(c1cccc(C#N)c1)c1cccnc1C#N. The van der Waals surface area contributed by atoms with Crippen molar-refractivity contribution in [2.24, 2.45) is 0 Å². The molecule has 0 saturated heterocycles. The van der Waals surface area contributed by atoms with E-state index in [-0.39, 0.29) is 0 Å². The number of nitrogens with zero attached hydrogens (tertiary/aromatic N) is 4. The minimum atomic E-state index is 0.363. The molecule has 4 heteroatoms. The van der Waals surface area contributed by atoms with Crippen molar-refractivity contribution in [1.29, 1.82) is 10.5 Å². The van der Waals surface area contributed by atoms with E-state index in [9.17, 15) is 0 Å². The molecule has 86 valence electrons. The highest BCUT2D eigenvalue weighted by Crippen LogP contribution is 2.25. The standard InChI is InChI=1S/C14H10N4/c1-18(12-5-2-4-11(8-12)9-15)14-6-3-7-17-13(14)10-16/h2-8H,1H3. The summed E-state index contributed by atoms with van der Waals surface area (Å²) < 4.78 is 0. The Bertz CT molecular complexity index is 649. The van der Waals surface area contributed by atoms with E-state index < -0.39 is 0 Å². The molecule has 0 aliphatic carbocycles. The van der Waals surface area contributed by atoms with E-state index in [0.29, 0.717) is 11.3 Å². The Balaban J connectivity index is 2.45. The van der Waals surface area contributed by atoms with Crippen LogP contribution in [0.2, 0.25) is 0 Å². The van der Waals surface area contributed by atoms with Crippen molar-refractivity contribution in [2.75, 3.05) is 11.9 Å². The number of rotatable bonds is 2. The van der Waals surface area contributed by atoms with Gasteiger partial charge in [-0.05, 0) is 30.3 Å². The van der Waals surface area contributed by atoms with Gasteiger partial charge >= 0.3 is 0 Å². The monoisotopic (exact) mass is 234 g/mol. The average molecular weight is 234 g/mol. The number of pyridine rings is 1. The first kappa shape index (κ1) is 11.6. The molecule has 0 aliphatic heterocycles. The highest BCUT2D eigenvalue weighted by Gasteiger charge is 2.09. The van der Waals surface area contributed by atoms with Crippen LogP contribution in [-0.4, -0.2) is 12.0 Å². The summed E-state index contributed by atoms with van der Waals surface area (Å²) in [4.78, 5) is 5.86. The van der Waals surface area contributed by atoms with E-state index in [1.54, 1.807) is 24.4 Å². The summed E-state index contributed by atoms with van der Waals surface area (Å²) in [6.07, 6.45) is 1.58. The van der Waals surface area contributed by atoms with Gasteiger partial charge in [-0.25, -0.2) is 4.98 Å². The zero-order valence-electron chi connectivity index (χ0n) is 9.83. The molecule has 0 spiro atoms. The third kappa shape index (κ3) is 2.14. The van der Waals surface area contributed by atoms with Crippen molar-refractivity contribution in [3.8, 4) is 12.1 Å². The van der Waals surface area contributed by atoms with Crippen LogP contribution < -0.4 is 4.90 Å². The fourth-order valence-electron chi connectivity index (χ4n) is 1.68. The first-order chi connectivity index (χ1) is 8.76. The van der Waals surface area contributed by atoms with Gasteiger partial charge in [-0.15, -0.1) is 0 Å². The first-order valence-electron chi connectivity index (χ1n) is 5.35. The quantitative estimate of drug-likeness (QED) is 0.801. The van der Waals surface area contributed by atoms with E-state index in [2.05, 4.69) is 17.1 Å². The first-order valence-corrected chi connectivity index (χ1v) is 5.35. The molecule has 0 radical (unpaired) electrons. The Hall–Kier alpha value is -2.85. The maximum atomic E-state index is 9.02. The maximum Gasteiger partial charge on any atom is 0.164 e. The smallest absolute Gasteiger partial charge is 0.164 e. The highest BCUT2D eigenvalue weighted by molar-refractivity contribution is 5.67. The molecule has 0 N–H and O–H groups in total. The molecule has 0 amide bonds. The van der Waals surface area contributed by atoms with Gasteiger partial charge in [-0.3, -0.25) is 0 Å². The van der Waals surface area contributed by atoms with Gasteiger partial charge in [-0.2, -0.15) is 10.5 Å². The van der Waals surface area contributed by atoms with E-state index in [1.807, 2.05) is 30.1 Å². The van der Waals surface area contributed by atoms with Crippen LogP contribution in [-0.2, 0) is 0 Å². The largest absolute Gasteiger partial charge is 0.342 e. The lowest BCUT2D eigenvalue weighted by atomic mass is 10.2. The van der Waals surface area contributed by atoms with Crippen molar-refractivity contribution in [2.45, 2.75) is 0 Å². The lowest BCUT2D eigenvalue weighted by Gasteiger charge is -2.20. The van der Waals surface area contributed by atoms with Gasteiger partial charge in [0.1, 0.15) is 6.07 Å². The van der Waals surface area contributed by atoms with Crippen LogP contribution in [0, 0.1) is 22.7 Å². The molecule has 1 aromatic heterocycles. The molecule has 0 aliphatic rings. The molecule has 1 aromatic carbocycles. The van der Waals surface area contributed by atoms with Crippen LogP contribution >= 0.6 is 0 Å². The van der Waals surface area contributed by atoms with Crippen LogP contribution in [0.1, 0.15) is 11.3 Å². The zero-order chi connectivity index (χ0) is 13.0. The topological polar surface area (TPSA) is 63.7 Å². The molecule has 4 nitrogen and oxygen atoms in total. The van der Waals surface area contributed by atoms with Gasteiger partial charge in [0.2, 0.25) is 0 Å². The van der Waals surface area contributed by atoms with Crippen molar-refractivity contribution < 1.29 is 0 Å². The van der Waals surface area contributed by atoms with E-state index >= 15 is 0 Å². The van der Waals surface area contributed by atoms with E-state index in [0.717, 1.165) is 11.4 Å². The van der Waals surface area contributed by atoms with Gasteiger partial charge in [0.05, 0.1) is 17.3 Å². The Labute approximate surface area is 105 Å². The van der Waals surface area contributed by atoms with E-state index in [1.165, 1.54) is 0 Å². The van der Waals surface area contributed by atoms with Crippen LogP contribution in [0.15, 0.2) is 42.6 Å². The lowest BCUT2D eigenvalue weighted by molar-refractivity contribution is 1.15. The maximum absolute atomic E-state index is 9.02. The number of hydrogen-bond acceptors (Lipinski definition) is 4. The summed E-state index contributed by atoms with van der Waals surface area (Å²) >= 11 is 0. The Morgan fingerprint density at radius 3 is 2.67 bits per heavy atom. The third-order valence-corrected chi connectivity index (χ3v) is 2.62. The molecular formula is C14H10N4. The molecule has 0 fully saturated rings. The minimum absolute atomic E-state index is 0.363. The number of benzene rings is 1. The van der Waals surface area contributed by atoms with Crippen molar-refractivity contribution in [3.05, 3.63) is 53.9 Å². The highest BCUT2D eigenvalue weighted by atomic mass is 15.1. The van der Waals surface area contributed by atoms with Gasteiger partial charge in [0.25, 0.3) is 0 Å². The molecule has 1 heterocycles. The molecule has 0 atom stereocenters. The molecule has 0 bridgehead atoms. The fraction of sp³-hybridized carbons (Fsp3) is 0.0714. The summed E-state index contributed by atoms with van der Waals surface area (Å²) in [5.41, 5.74) is 2.51.